The summed E-state index contributed by atoms with van der Waals surface area (Å²) >= 11 is 1.38. The van der Waals surface area contributed by atoms with Crippen LogP contribution in [0.25, 0.3) is 0 Å². The third kappa shape index (κ3) is 3.96. The van der Waals surface area contributed by atoms with Gasteiger partial charge in [0.1, 0.15) is 0 Å². The second kappa shape index (κ2) is 7.19. The largest absolute Gasteiger partial charge is 0.457 e. The Morgan fingerprint density at radius 2 is 1.88 bits per heavy atom. The smallest absolute Gasteiger partial charge is 0.311 e. The molecule has 1 amide bonds. The molecule has 1 aliphatic heterocycles. The summed E-state index contributed by atoms with van der Waals surface area (Å²) in [6.07, 6.45) is 0.110. The summed E-state index contributed by atoms with van der Waals surface area (Å²) in [7, 11) is 0. The Hall–Kier alpha value is -2.47. The molecule has 0 radical (unpaired) electrons. The second-order valence-corrected chi connectivity index (χ2v) is 7.47. The molecule has 1 aromatic heterocycles. The summed E-state index contributed by atoms with van der Waals surface area (Å²) in [6, 6.07) is 11.2. The van der Waals surface area contributed by atoms with Crippen molar-refractivity contribution in [1.82, 2.24) is 0 Å². The summed E-state index contributed by atoms with van der Waals surface area (Å²) in [4.78, 5) is 39.6. The monoisotopic (exact) mass is 357 g/mol. The summed E-state index contributed by atoms with van der Waals surface area (Å²) in [5.74, 6) is -1.35. The molecule has 25 heavy (non-hydrogen) atoms. The SMILES string of the molecule is Cc1ccc(N2C[C@H](C(=O)OCC(=O)c3ccc(C)s3)CC2=O)cc1. The van der Waals surface area contributed by atoms with Crippen molar-refractivity contribution in [2.24, 2.45) is 5.92 Å². The molecule has 2 heterocycles. The van der Waals surface area contributed by atoms with Crippen LogP contribution < -0.4 is 4.90 Å². The van der Waals surface area contributed by atoms with Gasteiger partial charge < -0.3 is 9.64 Å². The molecule has 130 valence electrons. The van der Waals surface area contributed by atoms with Gasteiger partial charge in [-0.05, 0) is 38.1 Å². The van der Waals surface area contributed by atoms with Crippen LogP contribution in [-0.4, -0.2) is 30.8 Å². The Labute approximate surface area is 150 Å². The number of Topliss-reactive ketones (excluding diaryl/α,β-unsaturated/α-hetero) is 1. The lowest BCUT2D eigenvalue weighted by atomic mass is 10.1. The first-order valence-corrected chi connectivity index (χ1v) is 8.89. The first kappa shape index (κ1) is 17.4. The number of ether oxygens (including phenoxy) is 1. The van der Waals surface area contributed by atoms with Crippen molar-refractivity contribution in [1.29, 1.82) is 0 Å². The quantitative estimate of drug-likeness (QED) is 0.609. The van der Waals surface area contributed by atoms with Crippen molar-refractivity contribution >= 4 is 34.7 Å². The molecule has 0 unspecified atom stereocenters. The highest BCUT2D eigenvalue weighted by atomic mass is 32.1. The third-order valence-electron chi connectivity index (χ3n) is 4.16. The maximum atomic E-state index is 12.2. The van der Waals surface area contributed by atoms with Crippen molar-refractivity contribution < 1.29 is 19.1 Å². The second-order valence-electron chi connectivity index (χ2n) is 6.18. The van der Waals surface area contributed by atoms with Gasteiger partial charge >= 0.3 is 5.97 Å². The van der Waals surface area contributed by atoms with Gasteiger partial charge in [0.25, 0.3) is 0 Å². The molecule has 2 aromatic rings. The van der Waals surface area contributed by atoms with Crippen LogP contribution in [0, 0.1) is 19.8 Å². The number of carbonyl (C=O) groups is 3. The number of hydrogen-bond donors (Lipinski definition) is 0. The van der Waals surface area contributed by atoms with E-state index in [0.717, 1.165) is 16.1 Å². The van der Waals surface area contributed by atoms with E-state index in [9.17, 15) is 14.4 Å². The number of benzene rings is 1. The van der Waals surface area contributed by atoms with Gasteiger partial charge in [0.05, 0.1) is 10.8 Å². The van der Waals surface area contributed by atoms with Gasteiger partial charge in [-0.15, -0.1) is 11.3 Å². The van der Waals surface area contributed by atoms with Crippen molar-refractivity contribution in [3.05, 3.63) is 51.7 Å². The lowest BCUT2D eigenvalue weighted by Crippen LogP contribution is -2.27. The molecular weight excluding hydrogens is 338 g/mol. The highest BCUT2D eigenvalue weighted by Gasteiger charge is 2.36. The van der Waals surface area contributed by atoms with Crippen molar-refractivity contribution in [2.45, 2.75) is 20.3 Å². The van der Waals surface area contributed by atoms with E-state index in [1.165, 1.54) is 11.3 Å². The zero-order valence-electron chi connectivity index (χ0n) is 14.2. The number of carbonyl (C=O) groups excluding carboxylic acids is 3. The molecule has 0 saturated carbocycles. The van der Waals surface area contributed by atoms with Crippen LogP contribution in [0.5, 0.6) is 0 Å². The van der Waals surface area contributed by atoms with Crippen LogP contribution in [0.3, 0.4) is 0 Å². The maximum absolute atomic E-state index is 12.2. The Morgan fingerprint density at radius 3 is 2.52 bits per heavy atom. The van der Waals surface area contributed by atoms with E-state index in [4.69, 9.17) is 4.74 Å². The molecule has 0 spiro atoms. The molecule has 1 aliphatic rings. The third-order valence-corrected chi connectivity index (χ3v) is 5.21. The normalized spacial score (nSPS) is 17.0. The summed E-state index contributed by atoms with van der Waals surface area (Å²) in [5.41, 5.74) is 1.88. The fourth-order valence-corrected chi connectivity index (χ4v) is 3.54. The molecule has 0 N–H and O–H groups in total. The molecule has 6 heteroatoms. The van der Waals surface area contributed by atoms with Crippen molar-refractivity contribution in [3.8, 4) is 0 Å². The van der Waals surface area contributed by atoms with E-state index < -0.39 is 11.9 Å². The van der Waals surface area contributed by atoms with Gasteiger partial charge in [0.15, 0.2) is 6.61 Å². The van der Waals surface area contributed by atoms with Crippen molar-refractivity contribution in [3.63, 3.8) is 0 Å². The maximum Gasteiger partial charge on any atom is 0.311 e. The Kier molecular flexibility index (Phi) is 4.99. The number of amides is 1. The molecule has 5 nitrogen and oxygen atoms in total. The Balaban J connectivity index is 1.57. The Bertz CT molecular complexity index is 809. The number of thiophene rings is 1. The van der Waals surface area contributed by atoms with E-state index in [2.05, 4.69) is 0 Å². The summed E-state index contributed by atoms with van der Waals surface area (Å²) in [5, 5.41) is 0. The topological polar surface area (TPSA) is 63.7 Å². The minimum atomic E-state index is -0.535. The van der Waals surface area contributed by atoms with Crippen LogP contribution >= 0.6 is 11.3 Å². The van der Waals surface area contributed by atoms with Crippen LogP contribution in [0.15, 0.2) is 36.4 Å². The van der Waals surface area contributed by atoms with E-state index in [-0.39, 0.29) is 31.3 Å². The van der Waals surface area contributed by atoms with Gasteiger partial charge in [0.2, 0.25) is 11.7 Å². The predicted molar refractivity (Wildman–Crippen MR) is 96.0 cm³/mol. The van der Waals surface area contributed by atoms with Crippen LogP contribution in [0.2, 0.25) is 0 Å². The minimum Gasteiger partial charge on any atom is -0.457 e. The van der Waals surface area contributed by atoms with Gasteiger partial charge in [-0.1, -0.05) is 17.7 Å². The fraction of sp³-hybridized carbons (Fsp3) is 0.316. The molecule has 1 atom stereocenters. The number of rotatable bonds is 5. The van der Waals surface area contributed by atoms with Gasteiger partial charge in [-0.2, -0.15) is 0 Å². The lowest BCUT2D eigenvalue weighted by Gasteiger charge is -2.16. The van der Waals surface area contributed by atoms with Gasteiger partial charge in [0, 0.05) is 23.5 Å². The first-order valence-electron chi connectivity index (χ1n) is 8.07. The zero-order valence-corrected chi connectivity index (χ0v) is 15.0. The summed E-state index contributed by atoms with van der Waals surface area (Å²) in [6.45, 7) is 3.89. The highest BCUT2D eigenvalue weighted by molar-refractivity contribution is 7.14. The zero-order chi connectivity index (χ0) is 18.0. The Morgan fingerprint density at radius 1 is 1.16 bits per heavy atom. The van der Waals surface area contributed by atoms with E-state index in [1.54, 1.807) is 11.0 Å². The average molecular weight is 357 g/mol. The van der Waals surface area contributed by atoms with E-state index in [0.29, 0.717) is 4.88 Å². The van der Waals surface area contributed by atoms with E-state index in [1.807, 2.05) is 44.2 Å². The molecule has 3 rings (SSSR count). The number of esters is 1. The molecule has 1 saturated heterocycles. The van der Waals surface area contributed by atoms with E-state index >= 15 is 0 Å². The average Bonchev–Trinajstić information content (AvgIpc) is 3.19. The van der Waals surface area contributed by atoms with Crippen LogP contribution in [0.1, 0.15) is 26.5 Å². The number of nitrogens with zero attached hydrogens (tertiary/aromatic N) is 1. The molecule has 1 aromatic carbocycles. The van der Waals surface area contributed by atoms with Crippen LogP contribution in [-0.2, 0) is 14.3 Å². The minimum absolute atomic E-state index is 0.106. The highest BCUT2D eigenvalue weighted by Crippen LogP contribution is 2.26. The lowest BCUT2D eigenvalue weighted by molar-refractivity contribution is -0.147. The fourth-order valence-electron chi connectivity index (χ4n) is 2.75. The standard InChI is InChI=1S/C19H19NO4S/c1-12-3-6-15(7-4-12)20-10-14(9-18(20)22)19(23)24-11-16(21)17-8-5-13(2)25-17/h3-8,14H,9-11H2,1-2H3/t14-/m1/s1. The number of anilines is 1. The van der Waals surface area contributed by atoms with Gasteiger partial charge in [-0.25, -0.2) is 0 Å². The van der Waals surface area contributed by atoms with Crippen molar-refractivity contribution in [2.75, 3.05) is 18.1 Å². The number of ketones is 1. The molecule has 0 aliphatic carbocycles. The predicted octanol–water partition coefficient (Wildman–Crippen LogP) is 3.14. The number of aryl methyl sites for hydroxylation is 2. The van der Waals surface area contributed by atoms with Crippen LogP contribution in [0.4, 0.5) is 5.69 Å². The first-order chi connectivity index (χ1) is 11.9. The molecule has 1 fully saturated rings. The summed E-state index contributed by atoms with van der Waals surface area (Å²) < 4.78 is 5.14. The molecule has 0 bridgehead atoms. The van der Waals surface area contributed by atoms with Gasteiger partial charge in [-0.3, -0.25) is 14.4 Å². The molecular formula is C19H19NO4S. The number of hydrogen-bond acceptors (Lipinski definition) is 5.